The van der Waals surface area contributed by atoms with E-state index in [1.54, 1.807) is 12.1 Å². The number of carboxylic acids is 1. The number of piperazine rings is 1. The van der Waals surface area contributed by atoms with Crippen molar-refractivity contribution in [3.05, 3.63) is 48.0 Å². The monoisotopic (exact) mass is 437 g/mol. The number of nitrogens with one attached hydrogen (secondary N) is 1. The molecule has 4 rings (SSSR count). The fraction of sp³-hybridized carbons (Fsp3) is 0.440. The number of nitrogens with zero attached hydrogens (tertiary/aromatic N) is 2. The fourth-order valence-electron chi connectivity index (χ4n) is 4.64. The molecule has 1 saturated carbocycles. The van der Waals surface area contributed by atoms with Crippen LogP contribution in [0.2, 0.25) is 0 Å². The van der Waals surface area contributed by atoms with Gasteiger partial charge in [-0.3, -0.25) is 4.79 Å². The van der Waals surface area contributed by atoms with Gasteiger partial charge in [-0.25, -0.2) is 4.79 Å². The van der Waals surface area contributed by atoms with E-state index in [1.807, 2.05) is 31.2 Å². The van der Waals surface area contributed by atoms with Gasteiger partial charge in [0.25, 0.3) is 0 Å². The summed E-state index contributed by atoms with van der Waals surface area (Å²) < 4.78 is 5.77. The number of hydrogen-bond donors (Lipinski definition) is 2. The predicted octanol–water partition coefficient (Wildman–Crippen LogP) is 4.24. The molecule has 0 aromatic heterocycles. The smallest absolute Gasteiger partial charge is 0.337 e. The maximum atomic E-state index is 12.5. The molecule has 1 amide bonds. The second-order valence-corrected chi connectivity index (χ2v) is 8.38. The molecule has 1 aliphatic heterocycles. The van der Waals surface area contributed by atoms with Crippen molar-refractivity contribution in [1.82, 2.24) is 0 Å². The summed E-state index contributed by atoms with van der Waals surface area (Å²) in [6.07, 6.45) is 3.87. The highest BCUT2D eigenvalue weighted by molar-refractivity contribution is 6.02. The van der Waals surface area contributed by atoms with Gasteiger partial charge in [0.1, 0.15) is 5.75 Å². The van der Waals surface area contributed by atoms with Gasteiger partial charge in [0, 0.05) is 37.8 Å². The number of hydrogen-bond acceptors (Lipinski definition) is 5. The van der Waals surface area contributed by atoms with E-state index in [0.717, 1.165) is 69.0 Å². The summed E-state index contributed by atoms with van der Waals surface area (Å²) in [6, 6.07) is 13.4. The van der Waals surface area contributed by atoms with E-state index in [2.05, 4.69) is 21.2 Å². The first kappa shape index (κ1) is 22.0. The van der Waals surface area contributed by atoms with Gasteiger partial charge in [-0.2, -0.15) is 0 Å². The Balaban J connectivity index is 1.45. The number of amides is 1. The lowest BCUT2D eigenvalue weighted by Gasteiger charge is -2.38. The van der Waals surface area contributed by atoms with Gasteiger partial charge in [0.2, 0.25) is 5.91 Å². The summed E-state index contributed by atoms with van der Waals surface area (Å²) in [6.45, 7) is 5.77. The van der Waals surface area contributed by atoms with E-state index in [9.17, 15) is 14.7 Å². The summed E-state index contributed by atoms with van der Waals surface area (Å²) in [5.41, 5.74) is 2.46. The fourth-order valence-corrected chi connectivity index (χ4v) is 4.64. The van der Waals surface area contributed by atoms with Crippen LogP contribution in [-0.4, -0.2) is 49.8 Å². The first-order valence-electron chi connectivity index (χ1n) is 11.5. The second-order valence-electron chi connectivity index (χ2n) is 8.38. The number of ether oxygens (including phenoxy) is 1. The molecule has 2 N–H and O–H groups in total. The van der Waals surface area contributed by atoms with Crippen molar-refractivity contribution in [2.24, 2.45) is 5.92 Å². The van der Waals surface area contributed by atoms with Gasteiger partial charge in [0.05, 0.1) is 23.5 Å². The van der Waals surface area contributed by atoms with Crippen LogP contribution in [0.1, 0.15) is 43.0 Å². The highest BCUT2D eigenvalue weighted by Gasteiger charge is 2.25. The number of rotatable bonds is 7. The van der Waals surface area contributed by atoms with E-state index < -0.39 is 5.97 Å². The Labute approximate surface area is 189 Å². The van der Waals surface area contributed by atoms with Crippen LogP contribution < -0.4 is 19.9 Å². The molecular weight excluding hydrogens is 406 g/mol. The molecule has 2 aliphatic rings. The van der Waals surface area contributed by atoms with E-state index in [-0.39, 0.29) is 17.4 Å². The molecule has 0 radical (unpaired) electrons. The second kappa shape index (κ2) is 9.94. The standard InChI is InChI=1S/C25H31N3O4/c1-2-32-23-10-6-5-9-22(23)28-15-13-27(14-16-28)19-11-12-21(20(17-19)25(30)31)26-24(29)18-7-3-4-8-18/h5-6,9-12,17-18H,2-4,7-8,13-16H2,1H3,(H,26,29)(H,30,31). The zero-order valence-electron chi connectivity index (χ0n) is 18.5. The average Bonchev–Trinajstić information content (AvgIpc) is 3.35. The van der Waals surface area contributed by atoms with Gasteiger partial charge < -0.3 is 25.0 Å². The number of anilines is 3. The van der Waals surface area contributed by atoms with E-state index in [0.29, 0.717) is 12.3 Å². The van der Waals surface area contributed by atoms with Crippen LogP contribution in [0.25, 0.3) is 0 Å². The summed E-state index contributed by atoms with van der Waals surface area (Å²) >= 11 is 0. The maximum Gasteiger partial charge on any atom is 0.337 e. The molecule has 7 nitrogen and oxygen atoms in total. The van der Waals surface area contributed by atoms with E-state index in [1.165, 1.54) is 0 Å². The van der Waals surface area contributed by atoms with Crippen molar-refractivity contribution < 1.29 is 19.4 Å². The van der Waals surface area contributed by atoms with Crippen LogP contribution >= 0.6 is 0 Å². The van der Waals surface area contributed by atoms with Crippen molar-refractivity contribution in [1.29, 1.82) is 0 Å². The largest absolute Gasteiger partial charge is 0.492 e. The maximum absolute atomic E-state index is 12.5. The number of aromatic carboxylic acids is 1. The molecule has 1 aliphatic carbocycles. The van der Waals surface area contributed by atoms with Crippen LogP contribution in [0.4, 0.5) is 17.1 Å². The van der Waals surface area contributed by atoms with Gasteiger partial charge in [-0.15, -0.1) is 0 Å². The quantitative estimate of drug-likeness (QED) is 0.674. The normalized spacial score (nSPS) is 16.8. The van der Waals surface area contributed by atoms with Crippen molar-refractivity contribution in [3.8, 4) is 5.75 Å². The van der Waals surface area contributed by atoms with Crippen LogP contribution in [0.5, 0.6) is 5.75 Å². The molecule has 1 saturated heterocycles. The molecule has 0 spiro atoms. The molecule has 1 heterocycles. The van der Waals surface area contributed by atoms with E-state index >= 15 is 0 Å². The minimum absolute atomic E-state index is 0.0102. The zero-order valence-corrected chi connectivity index (χ0v) is 18.5. The highest BCUT2D eigenvalue weighted by Crippen LogP contribution is 2.31. The lowest BCUT2D eigenvalue weighted by molar-refractivity contribution is -0.119. The molecule has 0 bridgehead atoms. The third-order valence-electron chi connectivity index (χ3n) is 6.37. The Bertz CT molecular complexity index is 963. The first-order valence-corrected chi connectivity index (χ1v) is 11.5. The Morgan fingerprint density at radius 3 is 2.41 bits per heavy atom. The van der Waals surface area contributed by atoms with Crippen LogP contribution in [0, 0.1) is 5.92 Å². The molecule has 2 fully saturated rings. The number of carbonyl (C=O) groups excluding carboxylic acids is 1. The highest BCUT2D eigenvalue weighted by atomic mass is 16.5. The van der Waals surface area contributed by atoms with Crippen molar-refractivity contribution in [2.45, 2.75) is 32.6 Å². The zero-order chi connectivity index (χ0) is 22.5. The molecular formula is C25H31N3O4. The van der Waals surface area contributed by atoms with Crippen LogP contribution in [0.15, 0.2) is 42.5 Å². The number of carbonyl (C=O) groups is 2. The van der Waals surface area contributed by atoms with Gasteiger partial charge >= 0.3 is 5.97 Å². The van der Waals surface area contributed by atoms with E-state index in [4.69, 9.17) is 4.74 Å². The average molecular weight is 438 g/mol. The predicted molar refractivity (Wildman–Crippen MR) is 126 cm³/mol. The summed E-state index contributed by atoms with van der Waals surface area (Å²) in [5.74, 6) is -0.222. The molecule has 0 unspecified atom stereocenters. The third-order valence-corrected chi connectivity index (χ3v) is 6.37. The van der Waals surface area contributed by atoms with Gasteiger partial charge in [0.15, 0.2) is 0 Å². The van der Waals surface area contributed by atoms with Crippen molar-refractivity contribution >= 4 is 28.9 Å². The molecule has 170 valence electrons. The number of carboxylic acid groups (broad SMARTS) is 1. The van der Waals surface area contributed by atoms with Crippen LogP contribution in [0.3, 0.4) is 0 Å². The minimum atomic E-state index is -1.03. The molecule has 7 heteroatoms. The Kier molecular flexibility index (Phi) is 6.83. The molecule has 2 aromatic carbocycles. The summed E-state index contributed by atoms with van der Waals surface area (Å²) in [7, 11) is 0. The lowest BCUT2D eigenvalue weighted by Crippen LogP contribution is -2.46. The van der Waals surface area contributed by atoms with Crippen molar-refractivity contribution in [2.75, 3.05) is 47.9 Å². The lowest BCUT2D eigenvalue weighted by atomic mass is 10.1. The Hall–Kier alpha value is -3.22. The van der Waals surface area contributed by atoms with Gasteiger partial charge in [-0.1, -0.05) is 25.0 Å². The number of benzene rings is 2. The Morgan fingerprint density at radius 2 is 1.72 bits per heavy atom. The topological polar surface area (TPSA) is 82.1 Å². The third kappa shape index (κ3) is 4.82. The van der Waals surface area contributed by atoms with Crippen LogP contribution in [-0.2, 0) is 4.79 Å². The molecule has 32 heavy (non-hydrogen) atoms. The summed E-state index contributed by atoms with van der Waals surface area (Å²) in [4.78, 5) is 28.9. The van der Waals surface area contributed by atoms with Crippen molar-refractivity contribution in [3.63, 3.8) is 0 Å². The molecule has 0 atom stereocenters. The first-order chi connectivity index (χ1) is 15.6. The SMILES string of the molecule is CCOc1ccccc1N1CCN(c2ccc(NC(=O)C3CCCC3)c(C(=O)O)c2)CC1. The van der Waals surface area contributed by atoms with Gasteiger partial charge in [-0.05, 0) is 50.1 Å². The number of para-hydroxylation sites is 2. The Morgan fingerprint density at radius 1 is 1.03 bits per heavy atom. The minimum Gasteiger partial charge on any atom is -0.492 e. The molecule has 2 aromatic rings. The summed E-state index contributed by atoms with van der Waals surface area (Å²) in [5, 5.41) is 12.6.